The number of hydrogen-bond acceptors (Lipinski definition) is 4. The lowest BCUT2D eigenvalue weighted by molar-refractivity contribution is -0.122. The number of aromatic nitrogens is 2. The topological polar surface area (TPSA) is 64.1 Å². The van der Waals surface area contributed by atoms with Crippen molar-refractivity contribution < 1.29 is 9.53 Å². The van der Waals surface area contributed by atoms with Crippen LogP contribution in [0.25, 0.3) is 11.4 Å². The minimum absolute atomic E-state index is 0.0363. The third-order valence-electron chi connectivity index (χ3n) is 4.39. The van der Waals surface area contributed by atoms with E-state index in [-0.39, 0.29) is 12.0 Å². The van der Waals surface area contributed by atoms with Gasteiger partial charge in [0.15, 0.2) is 5.82 Å². The van der Waals surface area contributed by atoms with E-state index >= 15 is 0 Å². The Kier molecular flexibility index (Phi) is 5.08. The first-order valence-electron chi connectivity index (χ1n) is 8.50. The van der Waals surface area contributed by atoms with Crippen LogP contribution in [-0.4, -0.2) is 28.5 Å². The van der Waals surface area contributed by atoms with Crippen molar-refractivity contribution in [3.05, 3.63) is 42.2 Å². The summed E-state index contributed by atoms with van der Waals surface area (Å²) in [4.78, 5) is 20.6. The van der Waals surface area contributed by atoms with Crippen LogP contribution in [0.3, 0.4) is 0 Å². The number of rotatable bonds is 6. The fourth-order valence-corrected chi connectivity index (χ4v) is 2.83. The summed E-state index contributed by atoms with van der Waals surface area (Å²) in [6, 6.07) is 7.82. The van der Waals surface area contributed by atoms with Gasteiger partial charge in [-0.1, -0.05) is 32.4 Å². The summed E-state index contributed by atoms with van der Waals surface area (Å²) < 4.78 is 6.08. The minimum Gasteiger partial charge on any atom is -0.487 e. The molecular formula is C19H23N3O2. The maximum absolute atomic E-state index is 11.9. The fraction of sp³-hybridized carbons (Fsp3) is 0.421. The Hall–Kier alpha value is -2.43. The maximum Gasteiger partial charge on any atom is 0.220 e. The molecule has 126 valence electrons. The molecular weight excluding hydrogens is 302 g/mol. The van der Waals surface area contributed by atoms with Gasteiger partial charge in [0.25, 0.3) is 0 Å². The molecule has 1 amide bonds. The number of nitrogens with zero attached hydrogens (tertiary/aromatic N) is 2. The molecule has 0 spiro atoms. The van der Waals surface area contributed by atoms with E-state index in [2.05, 4.69) is 35.2 Å². The lowest BCUT2D eigenvalue weighted by Crippen LogP contribution is -2.35. The highest BCUT2D eigenvalue weighted by atomic mass is 16.5. The van der Waals surface area contributed by atoms with Gasteiger partial charge in [-0.25, -0.2) is 9.97 Å². The second kappa shape index (κ2) is 7.43. The van der Waals surface area contributed by atoms with Gasteiger partial charge < -0.3 is 10.1 Å². The Bertz CT molecular complexity index is 703. The number of nitrogens with one attached hydrogen (secondary N) is 1. The van der Waals surface area contributed by atoms with E-state index in [0.717, 1.165) is 29.7 Å². The van der Waals surface area contributed by atoms with Crippen LogP contribution in [0.2, 0.25) is 0 Å². The van der Waals surface area contributed by atoms with Gasteiger partial charge in [0, 0.05) is 25.2 Å². The molecule has 1 aliphatic heterocycles. The Morgan fingerprint density at radius 2 is 2.12 bits per heavy atom. The predicted octanol–water partition coefficient (Wildman–Crippen LogP) is 3.00. The molecule has 1 aromatic heterocycles. The average molecular weight is 325 g/mol. The van der Waals surface area contributed by atoms with E-state index < -0.39 is 0 Å². The average Bonchev–Trinajstić information content (AvgIpc) is 3.03. The first kappa shape index (κ1) is 16.4. The highest BCUT2D eigenvalue weighted by molar-refractivity contribution is 5.76. The van der Waals surface area contributed by atoms with Crippen LogP contribution in [-0.2, 0) is 11.2 Å². The summed E-state index contributed by atoms with van der Waals surface area (Å²) in [6.07, 6.45) is 5.79. The molecule has 1 aromatic carbocycles. The molecule has 0 saturated heterocycles. The molecule has 2 aromatic rings. The standard InChI is InChI=1S/C19H23N3O2/c1-3-13(2)10-17(23)22-12-15-11-14-6-4-7-16(18(14)24-15)19-20-8-5-9-21-19/h4-9,13,15H,3,10-12H2,1-2H3,(H,22,23)/t13-,15+/m0/s1. The molecule has 2 atom stereocenters. The van der Waals surface area contributed by atoms with Crippen molar-refractivity contribution in [3.8, 4) is 17.1 Å². The molecule has 3 rings (SSSR count). The van der Waals surface area contributed by atoms with Crippen LogP contribution in [0.5, 0.6) is 5.75 Å². The van der Waals surface area contributed by atoms with Crippen LogP contribution >= 0.6 is 0 Å². The van der Waals surface area contributed by atoms with Crippen molar-refractivity contribution in [1.29, 1.82) is 0 Å². The van der Waals surface area contributed by atoms with Gasteiger partial charge in [-0.05, 0) is 23.6 Å². The Labute approximate surface area is 142 Å². The number of carbonyl (C=O) groups is 1. The van der Waals surface area contributed by atoms with Crippen molar-refractivity contribution in [3.63, 3.8) is 0 Å². The van der Waals surface area contributed by atoms with Crippen LogP contribution in [0.1, 0.15) is 32.3 Å². The molecule has 2 heterocycles. The van der Waals surface area contributed by atoms with Gasteiger partial charge in [-0.15, -0.1) is 0 Å². The number of fused-ring (bicyclic) bond motifs is 1. The maximum atomic E-state index is 11.9. The first-order chi connectivity index (χ1) is 11.7. The van der Waals surface area contributed by atoms with Crippen LogP contribution < -0.4 is 10.1 Å². The van der Waals surface area contributed by atoms with Crippen molar-refractivity contribution >= 4 is 5.91 Å². The molecule has 5 nitrogen and oxygen atoms in total. The predicted molar refractivity (Wildman–Crippen MR) is 92.7 cm³/mol. The summed E-state index contributed by atoms with van der Waals surface area (Å²) in [7, 11) is 0. The van der Waals surface area contributed by atoms with Crippen LogP contribution in [0.4, 0.5) is 0 Å². The fourth-order valence-electron chi connectivity index (χ4n) is 2.83. The van der Waals surface area contributed by atoms with E-state index in [1.54, 1.807) is 18.5 Å². The molecule has 0 saturated carbocycles. The number of hydrogen-bond donors (Lipinski definition) is 1. The molecule has 1 N–H and O–H groups in total. The second-order valence-corrected chi connectivity index (χ2v) is 6.33. The van der Waals surface area contributed by atoms with Gasteiger partial charge in [0.2, 0.25) is 5.91 Å². The molecule has 0 bridgehead atoms. The second-order valence-electron chi connectivity index (χ2n) is 6.33. The van der Waals surface area contributed by atoms with Crippen molar-refractivity contribution in [1.82, 2.24) is 15.3 Å². The Morgan fingerprint density at radius 3 is 2.88 bits per heavy atom. The largest absolute Gasteiger partial charge is 0.487 e. The summed E-state index contributed by atoms with van der Waals surface area (Å²) in [6.45, 7) is 4.72. The molecule has 0 aliphatic carbocycles. The number of carbonyl (C=O) groups excluding carboxylic acids is 1. The van der Waals surface area contributed by atoms with Gasteiger partial charge >= 0.3 is 0 Å². The van der Waals surface area contributed by atoms with Crippen LogP contribution in [0, 0.1) is 5.92 Å². The summed E-state index contributed by atoms with van der Waals surface area (Å²) in [5.41, 5.74) is 2.04. The molecule has 0 unspecified atom stereocenters. The normalized spacial score (nSPS) is 17.0. The van der Waals surface area contributed by atoms with Gasteiger partial charge in [-0.3, -0.25) is 4.79 Å². The van der Waals surface area contributed by atoms with Gasteiger partial charge in [-0.2, -0.15) is 0 Å². The van der Waals surface area contributed by atoms with Crippen LogP contribution in [0.15, 0.2) is 36.7 Å². The number of para-hydroxylation sites is 1. The molecule has 0 fully saturated rings. The van der Waals surface area contributed by atoms with E-state index in [4.69, 9.17) is 4.74 Å². The smallest absolute Gasteiger partial charge is 0.220 e. The molecule has 24 heavy (non-hydrogen) atoms. The molecule has 1 aliphatic rings. The third-order valence-corrected chi connectivity index (χ3v) is 4.39. The monoisotopic (exact) mass is 325 g/mol. The van der Waals surface area contributed by atoms with Crippen molar-refractivity contribution in [2.75, 3.05) is 6.54 Å². The van der Waals surface area contributed by atoms with Crippen molar-refractivity contribution in [2.45, 2.75) is 39.2 Å². The SMILES string of the molecule is CC[C@H](C)CC(=O)NC[C@H]1Cc2cccc(-c3ncccn3)c2O1. The number of benzene rings is 1. The highest BCUT2D eigenvalue weighted by Gasteiger charge is 2.26. The molecule has 5 heteroatoms. The van der Waals surface area contributed by atoms with E-state index in [9.17, 15) is 4.79 Å². The van der Waals surface area contributed by atoms with E-state index in [1.807, 2.05) is 12.1 Å². The summed E-state index contributed by atoms with van der Waals surface area (Å²) in [5.74, 6) is 2.00. The van der Waals surface area contributed by atoms with Crippen molar-refractivity contribution in [2.24, 2.45) is 5.92 Å². The lowest BCUT2D eigenvalue weighted by atomic mass is 10.0. The zero-order valence-corrected chi connectivity index (χ0v) is 14.2. The summed E-state index contributed by atoms with van der Waals surface area (Å²) >= 11 is 0. The molecule has 0 radical (unpaired) electrons. The zero-order valence-electron chi connectivity index (χ0n) is 14.2. The first-order valence-corrected chi connectivity index (χ1v) is 8.50. The Morgan fingerprint density at radius 1 is 1.33 bits per heavy atom. The van der Waals surface area contributed by atoms with Gasteiger partial charge in [0.1, 0.15) is 11.9 Å². The van der Waals surface area contributed by atoms with E-state index in [1.165, 1.54) is 0 Å². The highest BCUT2D eigenvalue weighted by Crippen LogP contribution is 2.37. The van der Waals surface area contributed by atoms with Gasteiger partial charge in [0.05, 0.1) is 12.1 Å². The minimum atomic E-state index is -0.0363. The quantitative estimate of drug-likeness (QED) is 0.887. The van der Waals surface area contributed by atoms with E-state index in [0.29, 0.717) is 24.7 Å². The third kappa shape index (κ3) is 3.72. The number of ether oxygens (including phenoxy) is 1. The Balaban J connectivity index is 1.64. The number of amides is 1. The lowest BCUT2D eigenvalue weighted by Gasteiger charge is -2.14. The summed E-state index contributed by atoms with van der Waals surface area (Å²) in [5, 5.41) is 2.99. The zero-order chi connectivity index (χ0) is 16.9.